The molecule has 0 aliphatic heterocycles. The predicted octanol–water partition coefficient (Wildman–Crippen LogP) is 5.02. The van der Waals surface area contributed by atoms with Gasteiger partial charge in [-0.3, -0.25) is 0 Å². The molecular weight excluding hydrogens is 349 g/mol. The lowest BCUT2D eigenvalue weighted by Gasteiger charge is -2.25. The van der Waals surface area contributed by atoms with Crippen LogP contribution in [-0.4, -0.2) is 23.0 Å². The van der Waals surface area contributed by atoms with Gasteiger partial charge in [0.15, 0.2) is 6.10 Å². The number of alkyl halides is 3. The first-order valence-corrected chi connectivity index (χ1v) is 8.25. The van der Waals surface area contributed by atoms with Crippen LogP contribution in [0.1, 0.15) is 38.4 Å². The van der Waals surface area contributed by atoms with Gasteiger partial charge < -0.3 is 14.8 Å². The van der Waals surface area contributed by atoms with Crippen molar-refractivity contribution in [2.24, 2.45) is 0 Å². The van der Waals surface area contributed by atoms with Crippen LogP contribution in [0.25, 0.3) is 0 Å². The zero-order valence-corrected chi connectivity index (χ0v) is 14.8. The Kier molecular flexibility index (Phi) is 8.15. The number of carbonyl (C=O) groups is 1. The minimum Gasteiger partial charge on any atom is -0.494 e. The van der Waals surface area contributed by atoms with E-state index in [9.17, 15) is 4.79 Å². The van der Waals surface area contributed by atoms with Crippen LogP contribution >= 0.6 is 34.8 Å². The number of unbranched alkanes of at least 4 members (excludes halogenated alkanes) is 1. The molecule has 1 unspecified atom stereocenters. The van der Waals surface area contributed by atoms with Crippen molar-refractivity contribution in [1.29, 1.82) is 0 Å². The number of ether oxygens (including phenoxy) is 2. The fourth-order valence-electron chi connectivity index (χ4n) is 1.75. The first-order valence-electron chi connectivity index (χ1n) is 7.12. The Labute approximate surface area is 146 Å². The number of hydrogen-bond donors (Lipinski definition) is 1. The number of rotatable bonds is 7. The van der Waals surface area contributed by atoms with Gasteiger partial charge in [0.05, 0.1) is 6.61 Å². The van der Waals surface area contributed by atoms with Crippen molar-refractivity contribution in [3.63, 3.8) is 0 Å². The second kappa shape index (κ2) is 9.33. The highest BCUT2D eigenvalue weighted by atomic mass is 35.6. The molecule has 4 nitrogen and oxygen atoms in total. The molecule has 0 saturated heterocycles. The molecule has 1 aromatic rings. The third-order valence-electron chi connectivity index (χ3n) is 2.82. The van der Waals surface area contributed by atoms with Gasteiger partial charge in [0.25, 0.3) is 0 Å². The number of benzene rings is 1. The fraction of sp³-hybridized carbons (Fsp3) is 0.533. The van der Waals surface area contributed by atoms with E-state index in [0.717, 1.165) is 12.8 Å². The second-order valence-electron chi connectivity index (χ2n) is 4.61. The molecular formula is C15H20Cl3NO3. The Hall–Kier alpha value is -0.840. The minimum absolute atomic E-state index is 0.519. The maximum Gasteiger partial charge on any atom is 0.407 e. The Balaban J connectivity index is 2.78. The molecule has 0 bridgehead atoms. The topological polar surface area (TPSA) is 47.6 Å². The number of carbonyl (C=O) groups excluding carboxylic acids is 1. The SMILES string of the molecule is CCCCNC(=O)OC(c1ccc(OCC)cc1)C(Cl)(Cl)Cl. The monoisotopic (exact) mass is 367 g/mol. The summed E-state index contributed by atoms with van der Waals surface area (Å²) in [5.41, 5.74) is 0.578. The van der Waals surface area contributed by atoms with Crippen molar-refractivity contribution >= 4 is 40.9 Å². The third-order valence-corrected chi connectivity index (χ3v) is 3.41. The number of hydrogen-bond acceptors (Lipinski definition) is 3. The number of nitrogens with one attached hydrogen (secondary N) is 1. The van der Waals surface area contributed by atoms with Crippen LogP contribution < -0.4 is 10.1 Å². The van der Waals surface area contributed by atoms with Crippen molar-refractivity contribution in [2.45, 2.75) is 36.6 Å². The molecule has 0 fully saturated rings. The van der Waals surface area contributed by atoms with Gasteiger partial charge >= 0.3 is 6.09 Å². The van der Waals surface area contributed by atoms with Crippen molar-refractivity contribution in [3.05, 3.63) is 29.8 Å². The summed E-state index contributed by atoms with van der Waals surface area (Å²) >= 11 is 17.8. The van der Waals surface area contributed by atoms with E-state index >= 15 is 0 Å². The first kappa shape index (κ1) is 19.2. The van der Waals surface area contributed by atoms with E-state index in [1.165, 1.54) is 0 Å². The van der Waals surface area contributed by atoms with Gasteiger partial charge in [-0.2, -0.15) is 0 Å². The van der Waals surface area contributed by atoms with E-state index in [0.29, 0.717) is 24.5 Å². The predicted molar refractivity (Wildman–Crippen MR) is 90.0 cm³/mol. The summed E-state index contributed by atoms with van der Waals surface area (Å²) in [5.74, 6) is 0.696. The summed E-state index contributed by atoms with van der Waals surface area (Å²) in [6, 6.07) is 6.88. The van der Waals surface area contributed by atoms with E-state index in [2.05, 4.69) is 5.32 Å². The first-order chi connectivity index (χ1) is 10.4. The molecule has 1 atom stereocenters. The van der Waals surface area contributed by atoms with Crippen molar-refractivity contribution < 1.29 is 14.3 Å². The lowest BCUT2D eigenvalue weighted by molar-refractivity contribution is 0.0991. The zero-order valence-electron chi connectivity index (χ0n) is 12.6. The van der Waals surface area contributed by atoms with Crippen LogP contribution in [0.15, 0.2) is 24.3 Å². The van der Waals surface area contributed by atoms with E-state index in [1.807, 2.05) is 13.8 Å². The number of halogens is 3. The lowest BCUT2D eigenvalue weighted by Crippen LogP contribution is -2.31. The summed E-state index contributed by atoms with van der Waals surface area (Å²) in [6.45, 7) is 4.99. The minimum atomic E-state index is -1.77. The highest BCUT2D eigenvalue weighted by molar-refractivity contribution is 6.68. The molecule has 0 aliphatic carbocycles. The van der Waals surface area contributed by atoms with E-state index in [-0.39, 0.29) is 0 Å². The summed E-state index contributed by atoms with van der Waals surface area (Å²) < 4.78 is 8.85. The van der Waals surface area contributed by atoms with Crippen molar-refractivity contribution in [2.75, 3.05) is 13.2 Å². The molecule has 1 N–H and O–H groups in total. The van der Waals surface area contributed by atoms with Gasteiger partial charge in [0.2, 0.25) is 3.79 Å². The molecule has 1 amide bonds. The van der Waals surface area contributed by atoms with Crippen molar-refractivity contribution in [3.8, 4) is 5.75 Å². The average molecular weight is 369 g/mol. The van der Waals surface area contributed by atoms with Crippen LogP contribution in [0, 0.1) is 0 Å². The smallest absolute Gasteiger partial charge is 0.407 e. The van der Waals surface area contributed by atoms with Crippen LogP contribution in [0.3, 0.4) is 0 Å². The van der Waals surface area contributed by atoms with E-state index < -0.39 is 16.0 Å². The van der Waals surface area contributed by atoms with Gasteiger partial charge in [-0.25, -0.2) is 4.79 Å². The van der Waals surface area contributed by atoms with Gasteiger partial charge in [-0.15, -0.1) is 0 Å². The molecule has 0 heterocycles. The molecule has 1 aromatic carbocycles. The maximum absolute atomic E-state index is 11.8. The van der Waals surface area contributed by atoms with Crippen LogP contribution in [0.2, 0.25) is 0 Å². The standard InChI is InChI=1S/C15H20Cl3NO3/c1-3-5-10-19-14(20)22-13(15(16,17)18)11-6-8-12(9-7-11)21-4-2/h6-9,13H,3-5,10H2,1-2H3,(H,19,20). The summed E-state index contributed by atoms with van der Waals surface area (Å²) in [4.78, 5) is 11.8. The lowest BCUT2D eigenvalue weighted by atomic mass is 10.1. The zero-order chi connectivity index (χ0) is 16.6. The molecule has 1 rings (SSSR count). The highest BCUT2D eigenvalue weighted by Gasteiger charge is 2.37. The van der Waals surface area contributed by atoms with E-state index in [1.54, 1.807) is 24.3 Å². The average Bonchev–Trinajstić information content (AvgIpc) is 2.45. The molecule has 0 aliphatic rings. The molecule has 0 aromatic heterocycles. The molecule has 7 heteroatoms. The van der Waals surface area contributed by atoms with Crippen LogP contribution in [-0.2, 0) is 4.74 Å². The Morgan fingerprint density at radius 3 is 2.36 bits per heavy atom. The largest absolute Gasteiger partial charge is 0.494 e. The highest BCUT2D eigenvalue weighted by Crippen LogP contribution is 2.42. The maximum atomic E-state index is 11.8. The molecule has 0 spiro atoms. The molecule has 124 valence electrons. The van der Waals surface area contributed by atoms with Crippen LogP contribution in [0.4, 0.5) is 4.79 Å². The Morgan fingerprint density at radius 2 is 1.86 bits per heavy atom. The summed E-state index contributed by atoms with van der Waals surface area (Å²) in [7, 11) is 0. The molecule has 22 heavy (non-hydrogen) atoms. The van der Waals surface area contributed by atoms with Gasteiger partial charge in [0, 0.05) is 6.54 Å². The molecule has 0 saturated carbocycles. The quantitative estimate of drug-likeness (QED) is 0.543. The summed E-state index contributed by atoms with van der Waals surface area (Å²) in [6.07, 6.45) is 0.206. The second-order valence-corrected chi connectivity index (χ2v) is 6.98. The van der Waals surface area contributed by atoms with E-state index in [4.69, 9.17) is 44.3 Å². The number of alkyl carbamates (subject to hydrolysis) is 1. The van der Waals surface area contributed by atoms with Gasteiger partial charge in [-0.1, -0.05) is 60.3 Å². The summed E-state index contributed by atoms with van der Waals surface area (Å²) in [5, 5.41) is 2.63. The third kappa shape index (κ3) is 6.51. The Morgan fingerprint density at radius 1 is 1.23 bits per heavy atom. The normalized spacial score (nSPS) is 12.6. The fourth-order valence-corrected chi connectivity index (χ4v) is 2.26. The van der Waals surface area contributed by atoms with Crippen LogP contribution in [0.5, 0.6) is 5.75 Å². The number of amides is 1. The Bertz CT molecular complexity index is 460. The van der Waals surface area contributed by atoms with Gasteiger partial charge in [0.1, 0.15) is 5.75 Å². The van der Waals surface area contributed by atoms with Gasteiger partial charge in [-0.05, 0) is 31.0 Å². The van der Waals surface area contributed by atoms with Crippen molar-refractivity contribution in [1.82, 2.24) is 5.32 Å². The molecule has 0 radical (unpaired) electrons.